The zero-order valence-electron chi connectivity index (χ0n) is 16.8. The predicted octanol–water partition coefficient (Wildman–Crippen LogP) is 5.01. The van der Waals surface area contributed by atoms with E-state index in [4.69, 9.17) is 14.2 Å². The Balaban J connectivity index is 1.92. The second kappa shape index (κ2) is 11.1. The molecule has 5 nitrogen and oxygen atoms in total. The van der Waals surface area contributed by atoms with Crippen molar-refractivity contribution in [1.29, 1.82) is 0 Å². The van der Waals surface area contributed by atoms with Crippen LogP contribution in [0.5, 0.6) is 17.2 Å². The van der Waals surface area contributed by atoms with Crippen LogP contribution < -0.4 is 14.2 Å². The van der Waals surface area contributed by atoms with E-state index in [1.165, 1.54) is 6.92 Å². The van der Waals surface area contributed by atoms with Gasteiger partial charge in [0, 0.05) is 12.0 Å². The topological polar surface area (TPSA) is 61.8 Å². The van der Waals surface area contributed by atoms with Crippen LogP contribution in [0.2, 0.25) is 0 Å². The molecule has 0 bridgehead atoms. The fourth-order valence-corrected chi connectivity index (χ4v) is 2.61. The number of unbranched alkanes of at least 4 members (excludes halogenated alkanes) is 1. The molecule has 0 saturated carbocycles. The Bertz CT molecular complexity index is 780. The van der Waals surface area contributed by atoms with Gasteiger partial charge in [-0.3, -0.25) is 9.59 Å². The number of Topliss-reactive ketones (excluding diaryl/α,β-unsaturated/α-hetero) is 1. The number of carbonyl (C=O) groups excluding carboxylic acids is 2. The molecule has 0 atom stereocenters. The zero-order chi connectivity index (χ0) is 20.4. The third-order valence-electron chi connectivity index (χ3n) is 4.17. The van der Waals surface area contributed by atoms with Gasteiger partial charge in [0.15, 0.2) is 17.3 Å². The van der Waals surface area contributed by atoms with E-state index in [0.29, 0.717) is 36.7 Å². The van der Waals surface area contributed by atoms with Crippen molar-refractivity contribution in [3.8, 4) is 17.2 Å². The number of benzene rings is 2. The van der Waals surface area contributed by atoms with Gasteiger partial charge in [-0.25, -0.2) is 0 Å². The molecule has 0 unspecified atom stereocenters. The molecule has 0 fully saturated rings. The molecule has 28 heavy (non-hydrogen) atoms. The minimum Gasteiger partial charge on any atom is -0.490 e. The molecular formula is C23H28O5. The van der Waals surface area contributed by atoms with Crippen molar-refractivity contribution >= 4 is 11.8 Å². The number of ether oxygens (including phenoxy) is 3. The summed E-state index contributed by atoms with van der Waals surface area (Å²) in [4.78, 5) is 23.4. The molecule has 2 aromatic rings. The minimum absolute atomic E-state index is 0.0231. The lowest BCUT2D eigenvalue weighted by molar-refractivity contribution is -0.134. The molecule has 5 heteroatoms. The molecule has 0 aromatic heterocycles. The van der Waals surface area contributed by atoms with Gasteiger partial charge >= 0.3 is 5.97 Å². The number of carbonyl (C=O) groups is 2. The highest BCUT2D eigenvalue weighted by Crippen LogP contribution is 2.29. The maximum absolute atomic E-state index is 12.1. The lowest BCUT2D eigenvalue weighted by Crippen LogP contribution is -2.09. The van der Waals surface area contributed by atoms with Crippen molar-refractivity contribution in [2.24, 2.45) is 0 Å². The van der Waals surface area contributed by atoms with Crippen molar-refractivity contribution in [2.45, 2.75) is 46.5 Å². The lowest BCUT2D eigenvalue weighted by atomic mass is 10.1. The van der Waals surface area contributed by atoms with Crippen LogP contribution in [0.3, 0.4) is 0 Å². The Kier molecular flexibility index (Phi) is 8.53. The van der Waals surface area contributed by atoms with Gasteiger partial charge in [-0.2, -0.15) is 0 Å². The SMILES string of the molecule is CCCCOc1ccc(CCC(=O)Oc2ccc(C(C)=O)cc2)cc1OCC. The standard InChI is InChI=1S/C23H28O5/c1-4-6-15-27-21-13-7-18(16-22(21)26-5-2)8-14-23(25)28-20-11-9-19(10-12-20)17(3)24/h7,9-13,16H,4-6,8,14-15H2,1-3H3. The van der Waals surface area contributed by atoms with E-state index in [0.717, 1.165) is 24.2 Å². The molecule has 0 aliphatic carbocycles. The maximum Gasteiger partial charge on any atom is 0.311 e. The first-order valence-electron chi connectivity index (χ1n) is 9.73. The van der Waals surface area contributed by atoms with Crippen LogP contribution in [-0.2, 0) is 11.2 Å². The van der Waals surface area contributed by atoms with Crippen LogP contribution in [0.25, 0.3) is 0 Å². The van der Waals surface area contributed by atoms with Crippen LogP contribution in [0.4, 0.5) is 0 Å². The molecule has 0 aliphatic heterocycles. The summed E-state index contributed by atoms with van der Waals surface area (Å²) in [5, 5.41) is 0. The van der Waals surface area contributed by atoms with E-state index >= 15 is 0 Å². The lowest BCUT2D eigenvalue weighted by Gasteiger charge is -2.13. The summed E-state index contributed by atoms with van der Waals surface area (Å²) in [6, 6.07) is 12.3. The van der Waals surface area contributed by atoms with E-state index in [-0.39, 0.29) is 18.2 Å². The Morgan fingerprint density at radius 3 is 2.32 bits per heavy atom. The average Bonchev–Trinajstić information content (AvgIpc) is 2.68. The van der Waals surface area contributed by atoms with Crippen molar-refractivity contribution in [1.82, 2.24) is 0 Å². The first-order chi connectivity index (χ1) is 13.5. The highest BCUT2D eigenvalue weighted by molar-refractivity contribution is 5.94. The first kappa shape index (κ1) is 21.5. The maximum atomic E-state index is 12.1. The summed E-state index contributed by atoms with van der Waals surface area (Å²) in [6.07, 6.45) is 2.85. The number of ketones is 1. The normalized spacial score (nSPS) is 10.4. The summed E-state index contributed by atoms with van der Waals surface area (Å²) in [6.45, 7) is 6.75. The average molecular weight is 384 g/mol. The fraction of sp³-hybridized carbons (Fsp3) is 0.391. The highest BCUT2D eigenvalue weighted by atomic mass is 16.5. The molecule has 0 saturated heterocycles. The fourth-order valence-electron chi connectivity index (χ4n) is 2.61. The zero-order valence-corrected chi connectivity index (χ0v) is 16.8. The number of rotatable bonds is 11. The monoisotopic (exact) mass is 384 g/mol. The smallest absolute Gasteiger partial charge is 0.311 e. The Labute approximate surface area is 166 Å². The molecule has 0 heterocycles. The Hall–Kier alpha value is -2.82. The van der Waals surface area contributed by atoms with Gasteiger partial charge in [0.2, 0.25) is 0 Å². The van der Waals surface area contributed by atoms with Crippen LogP contribution in [0.1, 0.15) is 56.0 Å². The minimum atomic E-state index is -0.322. The quantitative estimate of drug-likeness (QED) is 0.236. The summed E-state index contributed by atoms with van der Waals surface area (Å²) in [5.41, 5.74) is 1.57. The largest absolute Gasteiger partial charge is 0.490 e. The first-order valence-corrected chi connectivity index (χ1v) is 9.73. The van der Waals surface area contributed by atoms with Crippen LogP contribution in [0, 0.1) is 0 Å². The van der Waals surface area contributed by atoms with Gasteiger partial charge in [-0.05, 0) is 68.7 Å². The van der Waals surface area contributed by atoms with Crippen molar-refractivity contribution in [3.05, 3.63) is 53.6 Å². The van der Waals surface area contributed by atoms with E-state index in [1.54, 1.807) is 24.3 Å². The molecule has 0 N–H and O–H groups in total. The molecule has 150 valence electrons. The third kappa shape index (κ3) is 6.72. The van der Waals surface area contributed by atoms with Crippen molar-refractivity contribution in [3.63, 3.8) is 0 Å². The highest BCUT2D eigenvalue weighted by Gasteiger charge is 2.10. The van der Waals surface area contributed by atoms with Crippen molar-refractivity contribution < 1.29 is 23.8 Å². The van der Waals surface area contributed by atoms with Gasteiger partial charge in [0.1, 0.15) is 5.75 Å². The molecule has 0 amide bonds. The number of hydrogen-bond acceptors (Lipinski definition) is 5. The summed E-state index contributed by atoms with van der Waals surface area (Å²) >= 11 is 0. The Morgan fingerprint density at radius 1 is 0.929 bits per heavy atom. The van der Waals surface area contributed by atoms with E-state index < -0.39 is 0 Å². The Morgan fingerprint density at radius 2 is 1.68 bits per heavy atom. The second-order valence-corrected chi connectivity index (χ2v) is 6.47. The molecule has 2 aromatic carbocycles. The number of esters is 1. The summed E-state index contributed by atoms with van der Waals surface area (Å²) < 4.78 is 16.8. The summed E-state index contributed by atoms with van der Waals surface area (Å²) in [7, 11) is 0. The van der Waals surface area contributed by atoms with Gasteiger partial charge in [0.25, 0.3) is 0 Å². The predicted molar refractivity (Wildman–Crippen MR) is 108 cm³/mol. The third-order valence-corrected chi connectivity index (χ3v) is 4.17. The van der Waals surface area contributed by atoms with Gasteiger partial charge in [-0.15, -0.1) is 0 Å². The van der Waals surface area contributed by atoms with Crippen LogP contribution in [-0.4, -0.2) is 25.0 Å². The molecule has 0 spiro atoms. The van der Waals surface area contributed by atoms with Crippen LogP contribution >= 0.6 is 0 Å². The van der Waals surface area contributed by atoms with Crippen LogP contribution in [0.15, 0.2) is 42.5 Å². The number of aryl methyl sites for hydroxylation is 1. The number of hydrogen-bond donors (Lipinski definition) is 0. The molecular weight excluding hydrogens is 356 g/mol. The van der Waals surface area contributed by atoms with Crippen molar-refractivity contribution in [2.75, 3.05) is 13.2 Å². The van der Waals surface area contributed by atoms with Gasteiger partial charge in [0.05, 0.1) is 13.2 Å². The second-order valence-electron chi connectivity index (χ2n) is 6.47. The van der Waals surface area contributed by atoms with E-state index in [2.05, 4.69) is 6.92 Å². The molecule has 2 rings (SSSR count). The molecule has 0 radical (unpaired) electrons. The van der Waals surface area contributed by atoms with E-state index in [1.807, 2.05) is 25.1 Å². The molecule has 0 aliphatic rings. The van der Waals surface area contributed by atoms with Gasteiger partial charge in [-0.1, -0.05) is 19.4 Å². The van der Waals surface area contributed by atoms with E-state index in [9.17, 15) is 9.59 Å². The van der Waals surface area contributed by atoms with Gasteiger partial charge < -0.3 is 14.2 Å². The summed E-state index contributed by atoms with van der Waals surface area (Å²) in [5.74, 6) is 1.52.